The second-order valence-corrected chi connectivity index (χ2v) is 3.59. The molecule has 0 amide bonds. The normalized spacial score (nSPS) is 28.7. The molecule has 10 heavy (non-hydrogen) atoms. The Hall–Kier alpha value is -0.530. The molecule has 56 valence electrons. The first-order chi connectivity index (χ1) is 4.81. The van der Waals surface area contributed by atoms with Crippen molar-refractivity contribution in [2.45, 2.75) is 31.2 Å². The van der Waals surface area contributed by atoms with E-state index in [-0.39, 0.29) is 0 Å². The monoisotopic (exact) mass is 138 g/mol. The Kier molecular flexibility index (Phi) is 1.22. The predicted octanol–water partition coefficient (Wildman–Crippen LogP) is 1.27. The summed E-state index contributed by atoms with van der Waals surface area (Å²) in [4.78, 5) is 6.75. The van der Waals surface area contributed by atoms with Crippen molar-refractivity contribution >= 4 is 6.34 Å². The maximum absolute atomic E-state index is 4.55. The van der Waals surface area contributed by atoms with Gasteiger partial charge in [-0.05, 0) is 12.8 Å². The summed E-state index contributed by atoms with van der Waals surface area (Å²) in [6.07, 6.45) is 7.38. The van der Waals surface area contributed by atoms with E-state index in [4.69, 9.17) is 0 Å². The molecule has 0 aromatic rings. The first kappa shape index (κ1) is 6.20. The molecule has 1 spiro atoms. The molecule has 2 rings (SSSR count). The van der Waals surface area contributed by atoms with Gasteiger partial charge in [-0.15, -0.1) is 0 Å². The van der Waals surface area contributed by atoms with Crippen molar-refractivity contribution in [3.8, 4) is 0 Å². The number of likely N-dealkylation sites (N-methyl/N-ethyl adjacent to an activating group) is 1. The molecule has 1 aliphatic carbocycles. The summed E-state index contributed by atoms with van der Waals surface area (Å²) in [6.45, 7) is 1.16. The van der Waals surface area contributed by atoms with E-state index in [1.54, 1.807) is 0 Å². The molecule has 1 fully saturated rings. The van der Waals surface area contributed by atoms with Gasteiger partial charge in [-0.1, -0.05) is 12.8 Å². The third-order valence-electron chi connectivity index (χ3n) is 2.61. The quantitative estimate of drug-likeness (QED) is 0.492. The Bertz CT molecular complexity index is 157. The summed E-state index contributed by atoms with van der Waals surface area (Å²) in [5, 5.41) is 0. The number of aliphatic imine (C=N–C) groups is 1. The molecule has 0 saturated heterocycles. The summed E-state index contributed by atoms with van der Waals surface area (Å²) in [7, 11) is 2.11. The number of nitrogens with zero attached hydrogens (tertiary/aromatic N) is 2. The van der Waals surface area contributed by atoms with Gasteiger partial charge in [0, 0.05) is 13.6 Å². The zero-order valence-corrected chi connectivity index (χ0v) is 6.51. The highest BCUT2D eigenvalue weighted by Gasteiger charge is 2.36. The number of rotatable bonds is 0. The minimum atomic E-state index is 0.356. The number of hydrogen-bond donors (Lipinski definition) is 0. The van der Waals surface area contributed by atoms with E-state index in [0.29, 0.717) is 5.54 Å². The molecule has 2 aliphatic rings. The molecular weight excluding hydrogens is 124 g/mol. The smallest absolute Gasteiger partial charge is 0.0855 e. The molecule has 0 aromatic carbocycles. The average Bonchev–Trinajstić information content (AvgIpc) is 2.46. The van der Waals surface area contributed by atoms with Crippen LogP contribution in [0.5, 0.6) is 0 Å². The van der Waals surface area contributed by atoms with Crippen LogP contribution in [-0.4, -0.2) is 30.4 Å². The lowest BCUT2D eigenvalue weighted by Crippen LogP contribution is -2.29. The van der Waals surface area contributed by atoms with Crippen molar-refractivity contribution in [3.05, 3.63) is 0 Å². The fourth-order valence-electron chi connectivity index (χ4n) is 2.09. The summed E-state index contributed by atoms with van der Waals surface area (Å²) in [5.74, 6) is 0. The SMILES string of the molecule is CN1C=NC2(CCCC2)C1. The number of hydrogen-bond acceptors (Lipinski definition) is 2. The largest absolute Gasteiger partial charge is 0.364 e. The van der Waals surface area contributed by atoms with Gasteiger partial charge in [-0.3, -0.25) is 4.99 Å². The molecule has 0 atom stereocenters. The minimum absolute atomic E-state index is 0.356. The molecular formula is C8H14N2. The molecule has 1 saturated carbocycles. The van der Waals surface area contributed by atoms with Gasteiger partial charge in [-0.25, -0.2) is 0 Å². The molecule has 0 radical (unpaired) electrons. The summed E-state index contributed by atoms with van der Waals surface area (Å²) in [5.41, 5.74) is 0.356. The second kappa shape index (κ2) is 1.97. The van der Waals surface area contributed by atoms with Gasteiger partial charge in [0.05, 0.1) is 11.9 Å². The molecule has 0 N–H and O–H groups in total. The molecule has 0 bridgehead atoms. The predicted molar refractivity (Wildman–Crippen MR) is 42.3 cm³/mol. The Balaban J connectivity index is 2.11. The van der Waals surface area contributed by atoms with Crippen LogP contribution in [0.4, 0.5) is 0 Å². The van der Waals surface area contributed by atoms with E-state index in [1.807, 2.05) is 6.34 Å². The van der Waals surface area contributed by atoms with Crippen LogP contribution in [0, 0.1) is 0 Å². The van der Waals surface area contributed by atoms with Crippen LogP contribution in [-0.2, 0) is 0 Å². The first-order valence-electron chi connectivity index (χ1n) is 4.06. The van der Waals surface area contributed by atoms with Crippen LogP contribution < -0.4 is 0 Å². The van der Waals surface area contributed by atoms with Crippen molar-refractivity contribution < 1.29 is 0 Å². The van der Waals surface area contributed by atoms with Gasteiger partial charge in [-0.2, -0.15) is 0 Å². The maximum Gasteiger partial charge on any atom is 0.0855 e. The zero-order chi connectivity index (χ0) is 7.03. The Morgan fingerprint density at radius 2 is 2.10 bits per heavy atom. The molecule has 1 heterocycles. The molecule has 0 aromatic heterocycles. The van der Waals surface area contributed by atoms with Gasteiger partial charge in [0.2, 0.25) is 0 Å². The van der Waals surface area contributed by atoms with E-state index in [1.165, 1.54) is 25.7 Å². The van der Waals surface area contributed by atoms with Gasteiger partial charge in [0.15, 0.2) is 0 Å². The molecule has 0 unspecified atom stereocenters. The lowest BCUT2D eigenvalue weighted by Gasteiger charge is -2.19. The van der Waals surface area contributed by atoms with Gasteiger partial charge < -0.3 is 4.90 Å². The van der Waals surface area contributed by atoms with Crippen molar-refractivity contribution in [3.63, 3.8) is 0 Å². The maximum atomic E-state index is 4.55. The Morgan fingerprint density at radius 3 is 2.60 bits per heavy atom. The summed E-state index contributed by atoms with van der Waals surface area (Å²) >= 11 is 0. The van der Waals surface area contributed by atoms with E-state index in [2.05, 4.69) is 16.9 Å². The van der Waals surface area contributed by atoms with Crippen molar-refractivity contribution in [2.75, 3.05) is 13.6 Å². The van der Waals surface area contributed by atoms with Crippen LogP contribution >= 0.6 is 0 Å². The van der Waals surface area contributed by atoms with Crippen LogP contribution in [0.25, 0.3) is 0 Å². The highest BCUT2D eigenvalue weighted by atomic mass is 15.2. The first-order valence-corrected chi connectivity index (χ1v) is 4.06. The average molecular weight is 138 g/mol. The highest BCUT2D eigenvalue weighted by Crippen LogP contribution is 2.35. The second-order valence-electron chi connectivity index (χ2n) is 3.59. The van der Waals surface area contributed by atoms with Crippen LogP contribution in [0.3, 0.4) is 0 Å². The molecule has 1 aliphatic heterocycles. The van der Waals surface area contributed by atoms with Crippen molar-refractivity contribution in [1.29, 1.82) is 0 Å². The van der Waals surface area contributed by atoms with Crippen LogP contribution in [0.1, 0.15) is 25.7 Å². The van der Waals surface area contributed by atoms with E-state index in [9.17, 15) is 0 Å². The third kappa shape index (κ3) is 0.825. The van der Waals surface area contributed by atoms with Gasteiger partial charge in [0.1, 0.15) is 0 Å². The van der Waals surface area contributed by atoms with E-state index >= 15 is 0 Å². The Labute approximate surface area is 61.9 Å². The topological polar surface area (TPSA) is 15.6 Å². The van der Waals surface area contributed by atoms with Gasteiger partial charge in [0.25, 0.3) is 0 Å². The fourth-order valence-corrected chi connectivity index (χ4v) is 2.09. The van der Waals surface area contributed by atoms with Crippen LogP contribution in [0.2, 0.25) is 0 Å². The van der Waals surface area contributed by atoms with E-state index < -0.39 is 0 Å². The minimum Gasteiger partial charge on any atom is -0.364 e. The van der Waals surface area contributed by atoms with Gasteiger partial charge >= 0.3 is 0 Å². The Morgan fingerprint density at radius 1 is 1.40 bits per heavy atom. The standard InChI is InChI=1S/C8H14N2/c1-10-6-8(9-7-10)4-2-3-5-8/h7H,2-6H2,1H3. The van der Waals surface area contributed by atoms with Crippen molar-refractivity contribution in [1.82, 2.24) is 4.90 Å². The summed E-state index contributed by atoms with van der Waals surface area (Å²) in [6, 6.07) is 0. The zero-order valence-electron chi connectivity index (χ0n) is 6.51. The molecule has 2 heteroatoms. The highest BCUT2D eigenvalue weighted by molar-refractivity contribution is 5.58. The fraction of sp³-hybridized carbons (Fsp3) is 0.875. The lowest BCUT2D eigenvalue weighted by atomic mass is 10.00. The third-order valence-corrected chi connectivity index (χ3v) is 2.61. The van der Waals surface area contributed by atoms with E-state index in [0.717, 1.165) is 6.54 Å². The van der Waals surface area contributed by atoms with Crippen molar-refractivity contribution in [2.24, 2.45) is 4.99 Å². The lowest BCUT2D eigenvalue weighted by molar-refractivity contribution is 0.382. The summed E-state index contributed by atoms with van der Waals surface area (Å²) < 4.78 is 0. The molecule has 2 nitrogen and oxygen atoms in total. The van der Waals surface area contributed by atoms with Crippen LogP contribution in [0.15, 0.2) is 4.99 Å².